The molecule has 2 N–H and O–H groups in total. The lowest BCUT2D eigenvalue weighted by molar-refractivity contribution is 0.252. The number of carbonyl (C=O) groups is 1. The average molecular weight is 390 g/mol. The molecule has 2 rings (SSSR count). The van der Waals surface area contributed by atoms with Crippen molar-refractivity contribution in [1.29, 1.82) is 0 Å². The van der Waals surface area contributed by atoms with Crippen molar-refractivity contribution in [3.8, 4) is 5.75 Å². The van der Waals surface area contributed by atoms with Crippen molar-refractivity contribution >= 4 is 33.9 Å². The number of urea groups is 1. The number of anilines is 1. The molecular weight excluding hydrogens is 370 g/mol. The maximum atomic E-state index is 11.8. The zero-order valence-electron chi connectivity index (χ0n) is 13.7. The molecule has 2 aromatic carbocycles. The van der Waals surface area contributed by atoms with E-state index in [4.69, 9.17) is 4.74 Å². The third-order valence-corrected chi connectivity index (χ3v) is 3.81. The minimum absolute atomic E-state index is 0.387. The van der Waals surface area contributed by atoms with Crippen LogP contribution in [0.2, 0.25) is 0 Å². The van der Waals surface area contributed by atoms with Crippen molar-refractivity contribution < 1.29 is 9.53 Å². The van der Waals surface area contributed by atoms with Gasteiger partial charge in [0.15, 0.2) is 0 Å². The fourth-order valence-electron chi connectivity index (χ4n) is 1.96. The van der Waals surface area contributed by atoms with Crippen LogP contribution < -0.4 is 15.5 Å². The highest BCUT2D eigenvalue weighted by molar-refractivity contribution is 9.10. The number of halogens is 1. The third kappa shape index (κ3) is 5.38. The molecule has 0 aliphatic rings. The van der Waals surface area contributed by atoms with Crippen LogP contribution in [0.15, 0.2) is 52.0 Å². The maximum absolute atomic E-state index is 11.8. The van der Waals surface area contributed by atoms with Gasteiger partial charge in [-0.1, -0.05) is 25.1 Å². The van der Waals surface area contributed by atoms with Crippen LogP contribution in [0, 0.1) is 6.92 Å². The summed E-state index contributed by atoms with van der Waals surface area (Å²) >= 11 is 3.46. The van der Waals surface area contributed by atoms with Gasteiger partial charge in [0.05, 0.1) is 17.3 Å². The van der Waals surface area contributed by atoms with E-state index in [0.717, 1.165) is 33.5 Å². The van der Waals surface area contributed by atoms with E-state index in [0.29, 0.717) is 6.61 Å². The molecule has 126 valence electrons. The van der Waals surface area contributed by atoms with Gasteiger partial charge in [-0.2, -0.15) is 5.10 Å². The zero-order valence-corrected chi connectivity index (χ0v) is 15.3. The Bertz CT molecular complexity index is 732. The largest absolute Gasteiger partial charge is 0.492 e. The minimum atomic E-state index is -0.387. The van der Waals surface area contributed by atoms with Crippen molar-refractivity contribution in [2.75, 3.05) is 11.9 Å². The van der Waals surface area contributed by atoms with E-state index in [1.54, 1.807) is 6.21 Å². The molecular formula is C18H20BrN3O2. The molecule has 0 bridgehead atoms. The van der Waals surface area contributed by atoms with Crippen LogP contribution in [-0.4, -0.2) is 18.9 Å². The summed E-state index contributed by atoms with van der Waals surface area (Å²) < 4.78 is 6.44. The number of hydrogen-bond donors (Lipinski definition) is 2. The molecule has 2 aromatic rings. The van der Waals surface area contributed by atoms with Crippen molar-refractivity contribution in [1.82, 2.24) is 5.43 Å². The van der Waals surface area contributed by atoms with Gasteiger partial charge in [-0.25, -0.2) is 10.2 Å². The maximum Gasteiger partial charge on any atom is 0.339 e. The van der Waals surface area contributed by atoms with Crippen LogP contribution in [0.5, 0.6) is 5.75 Å². The molecule has 6 heteroatoms. The fourth-order valence-corrected chi connectivity index (χ4v) is 2.47. The Morgan fingerprint density at radius 3 is 2.79 bits per heavy atom. The summed E-state index contributed by atoms with van der Waals surface area (Å²) in [4.78, 5) is 11.8. The lowest BCUT2D eigenvalue weighted by Gasteiger charge is -2.08. The summed E-state index contributed by atoms with van der Waals surface area (Å²) in [7, 11) is 0. The Kier molecular flexibility index (Phi) is 6.81. The number of rotatable bonds is 6. The Balaban J connectivity index is 1.90. The van der Waals surface area contributed by atoms with Gasteiger partial charge in [0.25, 0.3) is 0 Å². The number of hydrazone groups is 1. The second-order valence-corrected chi connectivity index (χ2v) is 6.03. The zero-order chi connectivity index (χ0) is 17.4. The summed E-state index contributed by atoms with van der Waals surface area (Å²) in [5.74, 6) is 0.791. The van der Waals surface area contributed by atoms with Gasteiger partial charge in [0, 0.05) is 5.69 Å². The number of nitrogens with zero attached hydrogens (tertiary/aromatic N) is 1. The van der Waals surface area contributed by atoms with Crippen molar-refractivity contribution in [2.24, 2.45) is 5.10 Å². The molecule has 0 heterocycles. The van der Waals surface area contributed by atoms with Crippen LogP contribution >= 0.6 is 15.9 Å². The summed E-state index contributed by atoms with van der Waals surface area (Å²) in [5.41, 5.74) is 5.04. The first-order valence-corrected chi connectivity index (χ1v) is 8.47. The number of carbonyl (C=O) groups excluding carboxylic acids is 1. The Hall–Kier alpha value is -2.34. The SMILES string of the molecule is CCCOc1ccc(/C=N\NC(=O)Nc2ccccc2C)cc1Br. The van der Waals surface area contributed by atoms with E-state index in [9.17, 15) is 4.79 Å². The smallest absolute Gasteiger partial charge is 0.339 e. The van der Waals surface area contributed by atoms with Gasteiger partial charge >= 0.3 is 6.03 Å². The van der Waals surface area contributed by atoms with Crippen LogP contribution in [-0.2, 0) is 0 Å². The lowest BCUT2D eigenvalue weighted by atomic mass is 10.2. The first-order valence-electron chi connectivity index (χ1n) is 7.68. The highest BCUT2D eigenvalue weighted by atomic mass is 79.9. The van der Waals surface area contributed by atoms with Gasteiger partial charge in [-0.05, 0) is 64.7 Å². The standard InChI is InChI=1S/C18H20BrN3O2/c1-3-10-24-17-9-8-14(11-15(17)19)12-20-22-18(23)21-16-7-5-4-6-13(16)2/h4-9,11-12H,3,10H2,1-2H3,(H2,21,22,23)/b20-12-. The molecule has 0 saturated heterocycles. The summed E-state index contributed by atoms with van der Waals surface area (Å²) in [5, 5.41) is 6.70. The molecule has 0 radical (unpaired) electrons. The monoisotopic (exact) mass is 389 g/mol. The van der Waals surface area contributed by atoms with Crippen LogP contribution in [0.25, 0.3) is 0 Å². The summed E-state index contributed by atoms with van der Waals surface area (Å²) in [6, 6.07) is 12.8. The fraction of sp³-hybridized carbons (Fsp3) is 0.222. The molecule has 0 fully saturated rings. The van der Waals surface area contributed by atoms with E-state index < -0.39 is 0 Å². The number of hydrogen-bond acceptors (Lipinski definition) is 3. The molecule has 24 heavy (non-hydrogen) atoms. The number of aryl methyl sites for hydroxylation is 1. The first kappa shape index (κ1) is 18.0. The van der Waals surface area contributed by atoms with Gasteiger partial charge in [0.1, 0.15) is 5.75 Å². The minimum Gasteiger partial charge on any atom is -0.492 e. The molecule has 0 saturated carbocycles. The number of ether oxygens (including phenoxy) is 1. The van der Waals surface area contributed by atoms with Crippen molar-refractivity contribution in [3.63, 3.8) is 0 Å². The molecule has 2 amide bonds. The normalized spacial score (nSPS) is 10.6. The van der Waals surface area contributed by atoms with E-state index in [1.807, 2.05) is 49.4 Å². The number of para-hydroxylation sites is 1. The molecule has 0 aliphatic carbocycles. The van der Waals surface area contributed by atoms with E-state index in [2.05, 4.69) is 38.7 Å². The second-order valence-electron chi connectivity index (χ2n) is 5.18. The lowest BCUT2D eigenvalue weighted by Crippen LogP contribution is -2.24. The van der Waals surface area contributed by atoms with Gasteiger partial charge in [-0.3, -0.25) is 0 Å². The van der Waals surface area contributed by atoms with E-state index in [-0.39, 0.29) is 6.03 Å². The first-order chi connectivity index (χ1) is 11.6. The van der Waals surface area contributed by atoms with E-state index >= 15 is 0 Å². The number of nitrogens with one attached hydrogen (secondary N) is 2. The van der Waals surface area contributed by atoms with Crippen LogP contribution in [0.4, 0.5) is 10.5 Å². The van der Waals surface area contributed by atoms with Gasteiger partial charge in [-0.15, -0.1) is 0 Å². The predicted octanol–water partition coefficient (Wildman–Crippen LogP) is 4.70. The summed E-state index contributed by atoms with van der Waals surface area (Å²) in [6.45, 7) is 4.66. The molecule has 0 aliphatic heterocycles. The Morgan fingerprint density at radius 1 is 1.29 bits per heavy atom. The molecule has 0 atom stereocenters. The van der Waals surface area contributed by atoms with Gasteiger partial charge < -0.3 is 10.1 Å². The Morgan fingerprint density at radius 2 is 2.08 bits per heavy atom. The quantitative estimate of drug-likeness (QED) is 0.555. The van der Waals surface area contributed by atoms with E-state index in [1.165, 1.54) is 0 Å². The van der Waals surface area contributed by atoms with Crippen molar-refractivity contribution in [3.05, 3.63) is 58.1 Å². The molecule has 5 nitrogen and oxygen atoms in total. The highest BCUT2D eigenvalue weighted by Crippen LogP contribution is 2.25. The summed E-state index contributed by atoms with van der Waals surface area (Å²) in [6.07, 6.45) is 2.53. The molecule has 0 spiro atoms. The second kappa shape index (κ2) is 9.08. The average Bonchev–Trinajstić information content (AvgIpc) is 2.56. The highest BCUT2D eigenvalue weighted by Gasteiger charge is 2.03. The predicted molar refractivity (Wildman–Crippen MR) is 101 cm³/mol. The Labute approximate surface area is 150 Å². The number of benzene rings is 2. The van der Waals surface area contributed by atoms with Gasteiger partial charge in [0.2, 0.25) is 0 Å². The number of amides is 2. The third-order valence-electron chi connectivity index (χ3n) is 3.19. The van der Waals surface area contributed by atoms with Crippen LogP contribution in [0.3, 0.4) is 0 Å². The topological polar surface area (TPSA) is 62.7 Å². The molecule has 0 unspecified atom stereocenters. The van der Waals surface area contributed by atoms with Crippen LogP contribution in [0.1, 0.15) is 24.5 Å². The van der Waals surface area contributed by atoms with Crippen molar-refractivity contribution in [2.45, 2.75) is 20.3 Å². The molecule has 0 aromatic heterocycles.